The van der Waals surface area contributed by atoms with Crippen molar-refractivity contribution in [1.29, 1.82) is 0 Å². The molecule has 4 rings (SSSR count). The summed E-state index contributed by atoms with van der Waals surface area (Å²) >= 11 is 0. The Kier molecular flexibility index (Phi) is 5.58. The molecule has 0 saturated heterocycles. The van der Waals surface area contributed by atoms with Gasteiger partial charge in [-0.2, -0.15) is 5.10 Å². The number of aliphatic hydroxyl groups excluding tert-OH is 1. The Morgan fingerprint density at radius 3 is 2.38 bits per heavy atom. The zero-order valence-electron chi connectivity index (χ0n) is 16.7. The van der Waals surface area contributed by atoms with Gasteiger partial charge in [-0.05, 0) is 30.5 Å². The van der Waals surface area contributed by atoms with Gasteiger partial charge in [-0.3, -0.25) is 0 Å². The van der Waals surface area contributed by atoms with Crippen LogP contribution in [0.25, 0.3) is 10.9 Å². The molecular weight excluding hydrogens is 362 g/mol. The van der Waals surface area contributed by atoms with Crippen LogP contribution in [0.15, 0.2) is 66.9 Å². The summed E-state index contributed by atoms with van der Waals surface area (Å²) in [5.41, 5.74) is 5.51. The van der Waals surface area contributed by atoms with Gasteiger partial charge in [0.15, 0.2) is 0 Å². The summed E-state index contributed by atoms with van der Waals surface area (Å²) < 4.78 is 8.59. The molecule has 1 unspecified atom stereocenters. The molecule has 1 N–H and O–H groups in total. The van der Waals surface area contributed by atoms with E-state index in [-0.39, 0.29) is 12.7 Å². The molecule has 0 aliphatic heterocycles. The van der Waals surface area contributed by atoms with Gasteiger partial charge in [0.1, 0.15) is 11.6 Å². The SMILES string of the molecule is Cc1c(C)n(Cc2ccccc2)c2c(OC(CCO)c3ccccc3)nncc12. The van der Waals surface area contributed by atoms with Crippen LogP contribution in [0.1, 0.15) is 34.9 Å². The Labute approximate surface area is 170 Å². The van der Waals surface area contributed by atoms with Gasteiger partial charge >= 0.3 is 0 Å². The largest absolute Gasteiger partial charge is 0.467 e. The number of hydrogen-bond acceptors (Lipinski definition) is 4. The Morgan fingerprint density at radius 1 is 1.00 bits per heavy atom. The van der Waals surface area contributed by atoms with Crippen LogP contribution in [0.4, 0.5) is 0 Å². The van der Waals surface area contributed by atoms with Crippen LogP contribution in [-0.2, 0) is 6.54 Å². The molecule has 0 radical (unpaired) electrons. The van der Waals surface area contributed by atoms with Gasteiger partial charge in [-0.15, -0.1) is 5.10 Å². The van der Waals surface area contributed by atoms with Crippen molar-refractivity contribution < 1.29 is 9.84 Å². The molecule has 2 aromatic heterocycles. The van der Waals surface area contributed by atoms with Crippen molar-refractivity contribution in [3.8, 4) is 5.88 Å². The standard InChI is InChI=1S/C24H25N3O2/c1-17-18(2)27(16-19-9-5-3-6-10-19)23-21(17)15-25-26-24(23)29-22(13-14-28)20-11-7-4-8-12-20/h3-12,15,22,28H,13-14,16H2,1-2H3. The maximum Gasteiger partial charge on any atom is 0.258 e. The smallest absolute Gasteiger partial charge is 0.258 e. The first-order chi connectivity index (χ1) is 14.2. The number of ether oxygens (including phenoxy) is 1. The number of aliphatic hydroxyl groups is 1. The summed E-state index contributed by atoms with van der Waals surface area (Å²) in [6.07, 6.45) is 2.00. The highest BCUT2D eigenvalue weighted by Crippen LogP contribution is 2.33. The summed E-state index contributed by atoms with van der Waals surface area (Å²) in [4.78, 5) is 0. The summed E-state index contributed by atoms with van der Waals surface area (Å²) in [5, 5.41) is 19.1. The van der Waals surface area contributed by atoms with Gasteiger partial charge in [0.25, 0.3) is 5.88 Å². The van der Waals surface area contributed by atoms with Crippen molar-refractivity contribution in [2.75, 3.05) is 6.61 Å². The molecule has 0 saturated carbocycles. The van der Waals surface area contributed by atoms with Crippen LogP contribution >= 0.6 is 0 Å². The minimum Gasteiger partial charge on any atom is -0.467 e. The second-order valence-corrected chi connectivity index (χ2v) is 7.22. The molecule has 5 nitrogen and oxygen atoms in total. The van der Waals surface area contributed by atoms with Crippen molar-refractivity contribution in [1.82, 2.24) is 14.8 Å². The molecule has 2 heterocycles. The molecule has 4 aromatic rings. The summed E-state index contributed by atoms with van der Waals surface area (Å²) in [7, 11) is 0. The maximum atomic E-state index is 9.57. The predicted molar refractivity (Wildman–Crippen MR) is 114 cm³/mol. The van der Waals surface area contributed by atoms with E-state index >= 15 is 0 Å². The van der Waals surface area contributed by atoms with Crippen LogP contribution in [0.3, 0.4) is 0 Å². The third-order valence-corrected chi connectivity index (χ3v) is 5.41. The lowest BCUT2D eigenvalue weighted by Crippen LogP contribution is -2.12. The van der Waals surface area contributed by atoms with Gasteiger partial charge < -0.3 is 14.4 Å². The lowest BCUT2D eigenvalue weighted by atomic mass is 10.1. The molecule has 0 aliphatic carbocycles. The number of rotatable bonds is 7. The van der Waals surface area contributed by atoms with Crippen LogP contribution in [0.5, 0.6) is 5.88 Å². The average Bonchev–Trinajstić information content (AvgIpc) is 3.00. The Hall–Kier alpha value is -3.18. The van der Waals surface area contributed by atoms with E-state index in [4.69, 9.17) is 4.74 Å². The van der Waals surface area contributed by atoms with E-state index in [0.717, 1.165) is 23.0 Å². The van der Waals surface area contributed by atoms with E-state index < -0.39 is 0 Å². The molecule has 29 heavy (non-hydrogen) atoms. The molecule has 0 fully saturated rings. The second kappa shape index (κ2) is 8.45. The van der Waals surface area contributed by atoms with Crippen LogP contribution in [0.2, 0.25) is 0 Å². The first kappa shape index (κ1) is 19.2. The van der Waals surface area contributed by atoms with Gasteiger partial charge in [0.2, 0.25) is 0 Å². The molecule has 0 amide bonds. The van der Waals surface area contributed by atoms with Gasteiger partial charge in [-0.25, -0.2) is 0 Å². The van der Waals surface area contributed by atoms with Gasteiger partial charge in [0.05, 0.1) is 6.20 Å². The van der Waals surface area contributed by atoms with E-state index in [1.54, 1.807) is 6.20 Å². The molecule has 2 aromatic carbocycles. The highest BCUT2D eigenvalue weighted by atomic mass is 16.5. The fourth-order valence-electron chi connectivity index (χ4n) is 3.72. The highest BCUT2D eigenvalue weighted by molar-refractivity contribution is 5.88. The van der Waals surface area contributed by atoms with E-state index in [9.17, 15) is 5.11 Å². The van der Waals surface area contributed by atoms with E-state index in [1.807, 2.05) is 48.5 Å². The number of benzene rings is 2. The lowest BCUT2D eigenvalue weighted by molar-refractivity contribution is 0.150. The number of aromatic nitrogens is 3. The van der Waals surface area contributed by atoms with Crippen LogP contribution in [0, 0.1) is 13.8 Å². The minimum absolute atomic E-state index is 0.0338. The molecule has 0 bridgehead atoms. The fraction of sp³-hybridized carbons (Fsp3) is 0.250. The van der Waals surface area contributed by atoms with E-state index in [1.165, 1.54) is 16.8 Å². The second-order valence-electron chi connectivity index (χ2n) is 7.22. The third-order valence-electron chi connectivity index (χ3n) is 5.41. The number of aryl methyl sites for hydroxylation is 1. The van der Waals surface area contributed by atoms with E-state index in [2.05, 4.69) is 40.7 Å². The monoisotopic (exact) mass is 387 g/mol. The van der Waals surface area contributed by atoms with Crippen molar-refractivity contribution in [2.45, 2.75) is 32.9 Å². The Balaban J connectivity index is 1.79. The van der Waals surface area contributed by atoms with Crippen LogP contribution in [-0.4, -0.2) is 26.5 Å². The minimum atomic E-state index is -0.290. The maximum absolute atomic E-state index is 9.57. The van der Waals surface area contributed by atoms with Crippen LogP contribution < -0.4 is 4.74 Å². The summed E-state index contributed by atoms with van der Waals surface area (Å²) in [6.45, 7) is 4.98. The Bertz CT molecular complexity index is 1090. The first-order valence-corrected chi connectivity index (χ1v) is 9.86. The Morgan fingerprint density at radius 2 is 1.69 bits per heavy atom. The zero-order valence-corrected chi connectivity index (χ0v) is 16.7. The van der Waals surface area contributed by atoms with Crippen molar-refractivity contribution in [3.05, 3.63) is 89.2 Å². The number of hydrogen-bond donors (Lipinski definition) is 1. The molecule has 148 valence electrons. The predicted octanol–water partition coefficient (Wildman–Crippen LogP) is 4.60. The average molecular weight is 387 g/mol. The molecule has 5 heteroatoms. The molecule has 0 spiro atoms. The topological polar surface area (TPSA) is 60.2 Å². The van der Waals surface area contributed by atoms with E-state index in [0.29, 0.717) is 12.3 Å². The van der Waals surface area contributed by atoms with Crippen molar-refractivity contribution >= 4 is 10.9 Å². The lowest BCUT2D eigenvalue weighted by Gasteiger charge is -2.19. The molecular formula is C24H25N3O2. The highest BCUT2D eigenvalue weighted by Gasteiger charge is 2.21. The first-order valence-electron chi connectivity index (χ1n) is 9.86. The molecule has 0 aliphatic rings. The van der Waals surface area contributed by atoms with Crippen molar-refractivity contribution in [2.24, 2.45) is 0 Å². The fourth-order valence-corrected chi connectivity index (χ4v) is 3.72. The number of nitrogens with zero attached hydrogens (tertiary/aromatic N) is 3. The van der Waals surface area contributed by atoms with Gasteiger partial charge in [0, 0.05) is 30.7 Å². The normalized spacial score (nSPS) is 12.2. The quantitative estimate of drug-likeness (QED) is 0.503. The summed E-state index contributed by atoms with van der Waals surface area (Å²) in [6, 6.07) is 20.3. The molecule has 1 atom stereocenters. The third kappa shape index (κ3) is 3.87. The van der Waals surface area contributed by atoms with Gasteiger partial charge in [-0.1, -0.05) is 60.7 Å². The summed E-state index contributed by atoms with van der Waals surface area (Å²) in [5.74, 6) is 0.497. The van der Waals surface area contributed by atoms with Crippen molar-refractivity contribution in [3.63, 3.8) is 0 Å². The zero-order chi connectivity index (χ0) is 20.2. The number of fused-ring (bicyclic) bond motifs is 1.